The molecule has 2 nitrogen and oxygen atoms in total. The van der Waals surface area contributed by atoms with Crippen LogP contribution in [0.2, 0.25) is 0 Å². The molecule has 1 N–H and O–H groups in total. The van der Waals surface area contributed by atoms with E-state index in [2.05, 4.69) is 64.5 Å². The number of hydrogen-bond donors (Lipinski definition) is 1. The molecule has 26 heavy (non-hydrogen) atoms. The fourth-order valence-electron chi connectivity index (χ4n) is 5.18. The highest BCUT2D eigenvalue weighted by Crippen LogP contribution is 2.39. The largest absolute Gasteiger partial charge is 0.364 e. The molecule has 0 aliphatic heterocycles. The summed E-state index contributed by atoms with van der Waals surface area (Å²) < 4.78 is 0. The Hall–Kier alpha value is -2.22. The predicted octanol–water partition coefficient (Wildman–Crippen LogP) is 6.53. The molecule has 2 saturated carbocycles. The van der Waals surface area contributed by atoms with E-state index < -0.39 is 0 Å². The van der Waals surface area contributed by atoms with Gasteiger partial charge in [-0.2, -0.15) is 0 Å². The van der Waals surface area contributed by atoms with E-state index in [4.69, 9.17) is 0 Å². The lowest BCUT2D eigenvalue weighted by atomic mass is 10.1. The minimum atomic E-state index is 0.729. The van der Waals surface area contributed by atoms with Crippen LogP contribution in [0.1, 0.15) is 51.4 Å². The van der Waals surface area contributed by atoms with Crippen molar-refractivity contribution in [2.45, 2.75) is 63.5 Å². The number of aromatic amines is 1. The second-order valence-electron chi connectivity index (χ2n) is 8.07. The third-order valence-electron chi connectivity index (χ3n) is 6.43. The zero-order valence-corrected chi connectivity index (χ0v) is 15.5. The third-order valence-corrected chi connectivity index (χ3v) is 6.43. The van der Waals surface area contributed by atoms with Crippen LogP contribution in [0.25, 0.3) is 22.2 Å². The number of aromatic nitrogens is 1. The highest BCUT2D eigenvalue weighted by atomic mass is 15.2. The Morgan fingerprint density at radius 1 is 0.731 bits per heavy atom. The summed E-state index contributed by atoms with van der Waals surface area (Å²) >= 11 is 0. The van der Waals surface area contributed by atoms with Gasteiger partial charge in [0.1, 0.15) is 0 Å². The maximum atomic E-state index is 3.77. The monoisotopic (exact) mass is 344 g/mol. The van der Waals surface area contributed by atoms with Gasteiger partial charge in [-0.1, -0.05) is 68.1 Å². The maximum absolute atomic E-state index is 3.77. The number of H-pyrrole nitrogens is 1. The van der Waals surface area contributed by atoms with E-state index in [1.165, 1.54) is 79.2 Å². The van der Waals surface area contributed by atoms with Gasteiger partial charge in [-0.25, -0.2) is 0 Å². The van der Waals surface area contributed by atoms with Crippen molar-refractivity contribution >= 4 is 16.6 Å². The number of benzene rings is 2. The Kier molecular flexibility index (Phi) is 4.20. The second-order valence-corrected chi connectivity index (χ2v) is 8.07. The van der Waals surface area contributed by atoms with Gasteiger partial charge in [-0.3, -0.25) is 0 Å². The average molecular weight is 345 g/mol. The van der Waals surface area contributed by atoms with Crippen LogP contribution >= 0.6 is 0 Å². The summed E-state index contributed by atoms with van der Waals surface area (Å²) in [6.07, 6.45) is 11.0. The zero-order chi connectivity index (χ0) is 17.3. The SMILES string of the molecule is c1ccc(-c2cc3cccc(N(C4CCCC4)C4CCCC4)c3[nH]2)cc1. The number of nitrogens with one attached hydrogen (secondary N) is 1. The summed E-state index contributed by atoms with van der Waals surface area (Å²) in [5.74, 6) is 0. The van der Waals surface area contributed by atoms with Crippen molar-refractivity contribution in [1.82, 2.24) is 4.98 Å². The van der Waals surface area contributed by atoms with Crippen LogP contribution in [0.5, 0.6) is 0 Å². The van der Waals surface area contributed by atoms with Gasteiger partial charge in [0.2, 0.25) is 0 Å². The van der Waals surface area contributed by atoms with Crippen LogP contribution < -0.4 is 4.90 Å². The van der Waals surface area contributed by atoms with Crippen molar-refractivity contribution in [3.8, 4) is 11.3 Å². The zero-order valence-electron chi connectivity index (χ0n) is 15.5. The first-order valence-corrected chi connectivity index (χ1v) is 10.4. The Bertz CT molecular complexity index is 852. The molecular formula is C24H28N2. The van der Waals surface area contributed by atoms with Crippen molar-refractivity contribution in [2.75, 3.05) is 4.90 Å². The first-order valence-electron chi connectivity index (χ1n) is 10.4. The number of rotatable bonds is 4. The van der Waals surface area contributed by atoms with Crippen molar-refractivity contribution in [1.29, 1.82) is 0 Å². The van der Waals surface area contributed by atoms with Gasteiger partial charge in [-0.05, 0) is 43.4 Å². The van der Waals surface area contributed by atoms with Gasteiger partial charge in [0.05, 0.1) is 11.2 Å². The summed E-state index contributed by atoms with van der Waals surface area (Å²) in [6.45, 7) is 0. The van der Waals surface area contributed by atoms with Crippen LogP contribution in [0.3, 0.4) is 0 Å². The highest BCUT2D eigenvalue weighted by molar-refractivity contribution is 5.95. The lowest BCUT2D eigenvalue weighted by Crippen LogP contribution is -2.41. The predicted molar refractivity (Wildman–Crippen MR) is 111 cm³/mol. The molecule has 2 heteroatoms. The molecule has 0 atom stereocenters. The van der Waals surface area contributed by atoms with Crippen LogP contribution in [-0.2, 0) is 0 Å². The van der Waals surface area contributed by atoms with Crippen molar-refractivity contribution in [3.05, 3.63) is 54.6 Å². The van der Waals surface area contributed by atoms with E-state index in [0.717, 1.165) is 12.1 Å². The van der Waals surface area contributed by atoms with E-state index in [0.29, 0.717) is 0 Å². The minimum absolute atomic E-state index is 0.729. The van der Waals surface area contributed by atoms with Crippen LogP contribution in [-0.4, -0.2) is 17.1 Å². The third kappa shape index (κ3) is 2.82. The average Bonchev–Trinajstić information content (AvgIpc) is 3.45. The van der Waals surface area contributed by atoms with E-state index >= 15 is 0 Å². The normalized spacial score (nSPS) is 18.8. The molecule has 1 aromatic heterocycles. The van der Waals surface area contributed by atoms with Crippen LogP contribution in [0.4, 0.5) is 5.69 Å². The second kappa shape index (κ2) is 6.83. The lowest BCUT2D eigenvalue weighted by molar-refractivity contribution is 0.515. The van der Waals surface area contributed by atoms with Gasteiger partial charge < -0.3 is 9.88 Å². The molecule has 0 spiro atoms. The minimum Gasteiger partial charge on any atom is -0.364 e. The summed E-state index contributed by atoms with van der Waals surface area (Å²) in [5.41, 5.74) is 5.25. The topological polar surface area (TPSA) is 19.0 Å². The number of para-hydroxylation sites is 1. The molecule has 2 aliphatic rings. The van der Waals surface area contributed by atoms with Crippen molar-refractivity contribution in [3.63, 3.8) is 0 Å². The van der Waals surface area contributed by atoms with Crippen LogP contribution in [0, 0.1) is 0 Å². The molecule has 2 aromatic carbocycles. The first kappa shape index (κ1) is 16.0. The Labute approximate surface area is 156 Å². The number of anilines is 1. The Balaban J connectivity index is 1.61. The molecule has 0 unspecified atom stereocenters. The Morgan fingerprint density at radius 3 is 2.04 bits per heavy atom. The molecule has 5 rings (SSSR count). The van der Waals surface area contributed by atoms with Crippen LogP contribution in [0.15, 0.2) is 54.6 Å². The van der Waals surface area contributed by atoms with Gasteiger partial charge in [0, 0.05) is 23.2 Å². The molecule has 2 aliphatic carbocycles. The van der Waals surface area contributed by atoms with E-state index in [9.17, 15) is 0 Å². The molecule has 2 fully saturated rings. The molecule has 1 heterocycles. The van der Waals surface area contributed by atoms with Gasteiger partial charge in [0.15, 0.2) is 0 Å². The number of fused-ring (bicyclic) bond motifs is 1. The van der Waals surface area contributed by atoms with Crippen molar-refractivity contribution < 1.29 is 0 Å². The maximum Gasteiger partial charge on any atom is 0.0696 e. The highest BCUT2D eigenvalue weighted by Gasteiger charge is 2.31. The van der Waals surface area contributed by atoms with Gasteiger partial charge in [0.25, 0.3) is 0 Å². The molecular weight excluding hydrogens is 316 g/mol. The molecule has 0 amide bonds. The quantitative estimate of drug-likeness (QED) is 0.570. The summed E-state index contributed by atoms with van der Waals surface area (Å²) in [5, 5.41) is 1.34. The molecule has 0 radical (unpaired) electrons. The standard InChI is InChI=1S/C24H28N2/c1-2-9-18(10-3-1)22-17-19-11-8-16-23(24(19)25-22)26(20-12-4-5-13-20)21-14-6-7-15-21/h1-3,8-11,16-17,20-21,25H,4-7,12-15H2. The smallest absolute Gasteiger partial charge is 0.0696 e. The van der Waals surface area contributed by atoms with Gasteiger partial charge >= 0.3 is 0 Å². The summed E-state index contributed by atoms with van der Waals surface area (Å²) in [7, 11) is 0. The molecule has 3 aromatic rings. The van der Waals surface area contributed by atoms with Gasteiger partial charge in [-0.15, -0.1) is 0 Å². The lowest BCUT2D eigenvalue weighted by Gasteiger charge is -2.37. The Morgan fingerprint density at radius 2 is 1.38 bits per heavy atom. The molecule has 0 bridgehead atoms. The first-order chi connectivity index (χ1) is 12.9. The van der Waals surface area contributed by atoms with E-state index in [1.54, 1.807) is 0 Å². The van der Waals surface area contributed by atoms with E-state index in [1.807, 2.05) is 0 Å². The molecule has 0 saturated heterocycles. The number of nitrogens with zero attached hydrogens (tertiary/aromatic N) is 1. The van der Waals surface area contributed by atoms with E-state index in [-0.39, 0.29) is 0 Å². The number of hydrogen-bond acceptors (Lipinski definition) is 1. The fourth-order valence-corrected chi connectivity index (χ4v) is 5.18. The summed E-state index contributed by atoms with van der Waals surface area (Å²) in [6, 6.07) is 21.3. The fraction of sp³-hybridized carbons (Fsp3) is 0.417. The molecule has 134 valence electrons. The van der Waals surface area contributed by atoms with Crippen molar-refractivity contribution in [2.24, 2.45) is 0 Å². The summed E-state index contributed by atoms with van der Waals surface area (Å²) in [4.78, 5) is 6.58.